The number of methoxy groups -OCH3 is 1. The average molecular weight is 593 g/mol. The van der Waals surface area contributed by atoms with Crippen LogP contribution in [-0.4, -0.2) is 36.2 Å². The van der Waals surface area contributed by atoms with Gasteiger partial charge in [0.15, 0.2) is 40.9 Å². The van der Waals surface area contributed by atoms with E-state index >= 15 is 0 Å². The molecule has 194 valence electrons. The number of ether oxygens (including phenoxy) is 4. The topological polar surface area (TPSA) is 69.5 Å². The van der Waals surface area contributed by atoms with Crippen LogP contribution in [0.15, 0.2) is 59.9 Å². The zero-order chi connectivity index (χ0) is 24.9. The first-order valence-corrected chi connectivity index (χ1v) is 13.3. The Balaban J connectivity index is 0.00000264. The molecular formula is C29H26BrN3O4S. The molecule has 5 aromatic rings. The molecule has 2 aliphatic rings. The number of H-pyrrole nitrogens is 1. The van der Waals surface area contributed by atoms with E-state index in [-0.39, 0.29) is 23.8 Å². The Morgan fingerprint density at radius 3 is 2.82 bits per heavy atom. The summed E-state index contributed by atoms with van der Waals surface area (Å²) in [4.78, 5) is 8.07. The van der Waals surface area contributed by atoms with Gasteiger partial charge in [-0.05, 0) is 59.8 Å². The van der Waals surface area contributed by atoms with Gasteiger partial charge in [0.25, 0.3) is 0 Å². The number of aromatic nitrogens is 3. The van der Waals surface area contributed by atoms with E-state index in [2.05, 4.69) is 64.1 Å². The molecule has 0 atom stereocenters. The summed E-state index contributed by atoms with van der Waals surface area (Å²) in [5, 5.41) is 3.04. The Kier molecular flexibility index (Phi) is 6.57. The molecule has 7 nitrogen and oxygen atoms in total. The lowest BCUT2D eigenvalue weighted by molar-refractivity contribution is -0.686. The second kappa shape index (κ2) is 10.0. The first-order chi connectivity index (χ1) is 18.2. The van der Waals surface area contributed by atoms with Crippen LogP contribution < -0.4 is 40.5 Å². The fraction of sp³-hybridized carbons (Fsp3) is 0.241. The predicted molar refractivity (Wildman–Crippen MR) is 143 cm³/mol. The van der Waals surface area contributed by atoms with E-state index in [4.69, 9.17) is 18.9 Å². The quantitative estimate of drug-likeness (QED) is 0.186. The number of fused-ring (bicyclic) bond motifs is 6. The summed E-state index contributed by atoms with van der Waals surface area (Å²) < 4.78 is 25.6. The Morgan fingerprint density at radius 1 is 1.08 bits per heavy atom. The van der Waals surface area contributed by atoms with Gasteiger partial charge in [0.1, 0.15) is 0 Å². The van der Waals surface area contributed by atoms with Crippen LogP contribution in [0.1, 0.15) is 11.1 Å². The van der Waals surface area contributed by atoms with Gasteiger partial charge in [-0.1, -0.05) is 17.8 Å². The van der Waals surface area contributed by atoms with E-state index < -0.39 is 0 Å². The molecule has 4 heterocycles. The van der Waals surface area contributed by atoms with E-state index in [1.54, 1.807) is 18.9 Å². The molecule has 0 aliphatic carbocycles. The summed E-state index contributed by atoms with van der Waals surface area (Å²) in [6, 6.07) is 16.8. The molecule has 0 bridgehead atoms. The maximum absolute atomic E-state index is 6.34. The Bertz CT molecular complexity index is 1690. The monoisotopic (exact) mass is 591 g/mol. The van der Waals surface area contributed by atoms with E-state index in [0.29, 0.717) is 6.61 Å². The highest BCUT2D eigenvalue weighted by molar-refractivity contribution is 7.99. The summed E-state index contributed by atoms with van der Waals surface area (Å²) >= 11 is 1.66. The number of thioether (sulfide) groups is 1. The number of hydrogen-bond acceptors (Lipinski definition) is 6. The smallest absolute Gasteiger partial charge is 0.231 e. The molecule has 0 spiro atoms. The van der Waals surface area contributed by atoms with Gasteiger partial charge in [0.2, 0.25) is 12.5 Å². The van der Waals surface area contributed by atoms with Crippen LogP contribution in [0, 0.1) is 6.92 Å². The molecule has 3 aromatic carbocycles. The van der Waals surface area contributed by atoms with Crippen molar-refractivity contribution in [2.75, 3.05) is 26.3 Å². The molecule has 0 saturated carbocycles. The molecule has 2 aromatic heterocycles. The normalized spacial score (nSPS) is 13.2. The lowest BCUT2D eigenvalue weighted by Crippen LogP contribution is -3.00. The second-order valence-corrected chi connectivity index (χ2v) is 10.4. The number of benzene rings is 3. The number of pyridine rings is 1. The second-order valence-electron chi connectivity index (χ2n) is 9.32. The molecule has 0 unspecified atom stereocenters. The number of rotatable bonds is 6. The van der Waals surface area contributed by atoms with Crippen LogP contribution >= 0.6 is 11.8 Å². The standard InChI is InChI=1S/C29H26N3O4S.BrH/c1-17-3-5-22-23(11-17)31-29(30-22)37-10-9-34-28-21-15-32-8-7-19-13-26-27(36-16-35-26)14-20(19)24(32)12-18(21)4-6-25(28)33-2;/h3-6,11-15H,7-10,16H2,1-2H3,(H,30,31);1H/q+1;/p-1. The molecular weight excluding hydrogens is 566 g/mol. The highest BCUT2D eigenvalue weighted by Gasteiger charge is 2.28. The number of imidazole rings is 1. The summed E-state index contributed by atoms with van der Waals surface area (Å²) in [6.45, 7) is 3.78. The van der Waals surface area contributed by atoms with Crippen LogP contribution in [-0.2, 0) is 13.0 Å². The first kappa shape index (κ1) is 24.9. The number of halogens is 1. The van der Waals surface area contributed by atoms with Crippen molar-refractivity contribution >= 4 is 33.6 Å². The molecule has 1 N–H and O–H groups in total. The molecule has 2 aliphatic heterocycles. The molecule has 7 rings (SSSR count). The largest absolute Gasteiger partial charge is 1.00 e. The van der Waals surface area contributed by atoms with E-state index in [1.165, 1.54) is 22.4 Å². The average Bonchev–Trinajstić information content (AvgIpc) is 3.54. The van der Waals surface area contributed by atoms with Gasteiger partial charge in [-0.25, -0.2) is 4.98 Å². The third-order valence-corrected chi connectivity index (χ3v) is 7.82. The van der Waals surface area contributed by atoms with Crippen LogP contribution in [0.25, 0.3) is 33.1 Å². The van der Waals surface area contributed by atoms with Crippen LogP contribution in [0.4, 0.5) is 0 Å². The minimum Gasteiger partial charge on any atom is -1.00 e. The van der Waals surface area contributed by atoms with Crippen molar-refractivity contribution in [1.29, 1.82) is 0 Å². The Morgan fingerprint density at radius 2 is 1.95 bits per heavy atom. The van der Waals surface area contributed by atoms with Gasteiger partial charge < -0.3 is 40.9 Å². The van der Waals surface area contributed by atoms with Crippen molar-refractivity contribution in [2.45, 2.75) is 25.0 Å². The number of hydrogen-bond donors (Lipinski definition) is 1. The van der Waals surface area contributed by atoms with Crippen molar-refractivity contribution in [3.05, 3.63) is 65.9 Å². The minimum atomic E-state index is 0. The number of aryl methyl sites for hydroxylation is 3. The van der Waals surface area contributed by atoms with E-state index in [9.17, 15) is 0 Å². The third-order valence-electron chi connectivity index (χ3n) is 6.98. The highest BCUT2D eigenvalue weighted by Crippen LogP contribution is 2.41. The number of aromatic amines is 1. The van der Waals surface area contributed by atoms with Gasteiger partial charge in [-0.2, -0.15) is 4.57 Å². The van der Waals surface area contributed by atoms with Crippen LogP contribution in [0.3, 0.4) is 0 Å². The molecule has 0 amide bonds. The van der Waals surface area contributed by atoms with E-state index in [0.717, 1.165) is 68.7 Å². The molecule has 0 fully saturated rings. The maximum Gasteiger partial charge on any atom is 0.231 e. The Hall–Kier alpha value is -3.43. The SMILES string of the molecule is COc1ccc2cc3[n+](cc2c1OCCSc1nc2ccc(C)cc2[nH]1)CCc1cc2c(cc1-3)OCO2.[Br-]. The van der Waals surface area contributed by atoms with Crippen LogP contribution in [0.5, 0.6) is 23.0 Å². The van der Waals surface area contributed by atoms with Crippen molar-refractivity contribution in [3.63, 3.8) is 0 Å². The fourth-order valence-electron chi connectivity index (χ4n) is 5.16. The van der Waals surface area contributed by atoms with Crippen molar-refractivity contribution in [1.82, 2.24) is 9.97 Å². The lowest BCUT2D eigenvalue weighted by Gasteiger charge is -2.18. The zero-order valence-corrected chi connectivity index (χ0v) is 23.4. The summed E-state index contributed by atoms with van der Waals surface area (Å²) in [5.41, 5.74) is 6.90. The predicted octanol–water partition coefficient (Wildman–Crippen LogP) is 2.45. The fourth-order valence-corrected chi connectivity index (χ4v) is 5.86. The van der Waals surface area contributed by atoms with E-state index in [1.807, 2.05) is 12.1 Å². The van der Waals surface area contributed by atoms with Gasteiger partial charge in [-0.15, -0.1) is 0 Å². The maximum atomic E-state index is 6.34. The first-order valence-electron chi connectivity index (χ1n) is 12.4. The number of nitrogens with one attached hydrogen (secondary N) is 1. The van der Waals surface area contributed by atoms with Crippen LogP contribution in [0.2, 0.25) is 0 Å². The van der Waals surface area contributed by atoms with Crippen molar-refractivity contribution < 1.29 is 40.5 Å². The minimum absolute atomic E-state index is 0. The molecule has 0 saturated heterocycles. The number of nitrogens with zero attached hydrogens (tertiary/aromatic N) is 2. The summed E-state index contributed by atoms with van der Waals surface area (Å²) in [5.74, 6) is 3.91. The molecule has 9 heteroatoms. The summed E-state index contributed by atoms with van der Waals surface area (Å²) in [6.07, 6.45) is 3.12. The van der Waals surface area contributed by atoms with Gasteiger partial charge in [0, 0.05) is 18.2 Å². The van der Waals surface area contributed by atoms with Crippen molar-refractivity contribution in [3.8, 4) is 34.3 Å². The molecule has 0 radical (unpaired) electrons. The lowest BCUT2D eigenvalue weighted by atomic mass is 9.95. The highest BCUT2D eigenvalue weighted by atomic mass is 79.9. The van der Waals surface area contributed by atoms with Crippen molar-refractivity contribution in [2.24, 2.45) is 0 Å². The third kappa shape index (κ3) is 4.33. The zero-order valence-electron chi connectivity index (χ0n) is 21.0. The summed E-state index contributed by atoms with van der Waals surface area (Å²) in [7, 11) is 1.68. The van der Waals surface area contributed by atoms with Gasteiger partial charge in [0.05, 0.1) is 35.7 Å². The van der Waals surface area contributed by atoms with Gasteiger partial charge in [-0.3, -0.25) is 0 Å². The Labute approximate surface area is 234 Å². The molecule has 38 heavy (non-hydrogen) atoms. The van der Waals surface area contributed by atoms with Gasteiger partial charge >= 0.3 is 0 Å².